The minimum Gasteiger partial charge on any atom is -0.456 e. The van der Waals surface area contributed by atoms with Crippen molar-refractivity contribution in [1.29, 1.82) is 0 Å². The number of nitrogens with zero attached hydrogens (tertiary/aromatic N) is 1. The van der Waals surface area contributed by atoms with E-state index < -0.39 is 0 Å². The number of para-hydroxylation sites is 1. The molecule has 2 heteroatoms. The van der Waals surface area contributed by atoms with Crippen LogP contribution in [0.2, 0.25) is 0 Å². The number of rotatable bonds is 2. The molecular formula is C35H23NO. The average molecular weight is 474 g/mol. The van der Waals surface area contributed by atoms with E-state index in [1.54, 1.807) is 0 Å². The van der Waals surface area contributed by atoms with Crippen LogP contribution < -0.4 is 0 Å². The zero-order chi connectivity index (χ0) is 24.3. The topological polar surface area (TPSA) is 26.0 Å². The number of allylic oxidation sites excluding steroid dienone is 1. The van der Waals surface area contributed by atoms with E-state index in [0.29, 0.717) is 0 Å². The minimum absolute atomic E-state index is 0.986. The highest BCUT2D eigenvalue weighted by Gasteiger charge is 2.18. The van der Waals surface area contributed by atoms with E-state index in [4.69, 9.17) is 4.42 Å². The quantitative estimate of drug-likeness (QED) is 0.234. The molecule has 37 heavy (non-hydrogen) atoms. The Morgan fingerprint density at radius 1 is 0.595 bits per heavy atom. The van der Waals surface area contributed by atoms with Gasteiger partial charge in [-0.3, -0.25) is 4.98 Å². The normalized spacial score (nSPS) is 13.1. The van der Waals surface area contributed by atoms with Gasteiger partial charge in [0.15, 0.2) is 0 Å². The zero-order valence-electron chi connectivity index (χ0n) is 20.2. The van der Waals surface area contributed by atoms with Crippen LogP contribution in [0.3, 0.4) is 0 Å². The number of furan rings is 1. The SMILES string of the molecule is C1=Cc2oc3c(-c4cccc(-c5ccc6c7ccccc7c7cnccc7c6c5)c4)cccc3c2CC1. The molecule has 0 aliphatic heterocycles. The summed E-state index contributed by atoms with van der Waals surface area (Å²) in [6.45, 7) is 0. The second kappa shape index (κ2) is 7.91. The Balaban J connectivity index is 1.32. The second-order valence-corrected chi connectivity index (χ2v) is 9.88. The maximum Gasteiger partial charge on any atom is 0.142 e. The third-order valence-corrected chi connectivity index (χ3v) is 7.82. The number of hydrogen-bond donors (Lipinski definition) is 0. The van der Waals surface area contributed by atoms with Crippen LogP contribution in [0, 0.1) is 0 Å². The van der Waals surface area contributed by atoms with Crippen LogP contribution in [0.15, 0.2) is 114 Å². The van der Waals surface area contributed by atoms with Crippen LogP contribution >= 0.6 is 0 Å². The summed E-state index contributed by atoms with van der Waals surface area (Å²) < 4.78 is 6.38. The first-order chi connectivity index (χ1) is 18.3. The van der Waals surface area contributed by atoms with Gasteiger partial charge in [0.05, 0.1) is 0 Å². The lowest BCUT2D eigenvalue weighted by atomic mass is 9.92. The van der Waals surface area contributed by atoms with E-state index in [0.717, 1.165) is 29.7 Å². The average Bonchev–Trinajstić information content (AvgIpc) is 3.36. The Hall–Kier alpha value is -4.69. The summed E-state index contributed by atoms with van der Waals surface area (Å²) in [6, 6.07) is 33.0. The predicted octanol–water partition coefficient (Wildman–Crippen LogP) is 9.58. The van der Waals surface area contributed by atoms with Crippen molar-refractivity contribution in [2.75, 3.05) is 0 Å². The number of fused-ring (bicyclic) bond motifs is 9. The van der Waals surface area contributed by atoms with Crippen molar-refractivity contribution in [3.8, 4) is 22.3 Å². The molecule has 0 bridgehead atoms. The van der Waals surface area contributed by atoms with Gasteiger partial charge in [0.2, 0.25) is 0 Å². The molecule has 1 aliphatic carbocycles. The first-order valence-corrected chi connectivity index (χ1v) is 12.8. The van der Waals surface area contributed by atoms with Gasteiger partial charge >= 0.3 is 0 Å². The van der Waals surface area contributed by atoms with Gasteiger partial charge in [-0.1, -0.05) is 78.9 Å². The molecule has 5 aromatic carbocycles. The highest BCUT2D eigenvalue weighted by Crippen LogP contribution is 2.39. The highest BCUT2D eigenvalue weighted by atomic mass is 16.3. The van der Waals surface area contributed by atoms with Crippen LogP contribution in [0.5, 0.6) is 0 Å². The molecule has 2 nitrogen and oxygen atoms in total. The fourth-order valence-electron chi connectivity index (χ4n) is 6.07. The molecule has 0 saturated carbocycles. The second-order valence-electron chi connectivity index (χ2n) is 9.88. The highest BCUT2D eigenvalue weighted by molar-refractivity contribution is 6.25. The van der Waals surface area contributed by atoms with Crippen molar-refractivity contribution in [2.45, 2.75) is 12.8 Å². The molecule has 8 rings (SSSR count). The van der Waals surface area contributed by atoms with Crippen molar-refractivity contribution in [3.05, 3.63) is 121 Å². The standard InChI is InChI=1S/C35H23NO/c1-2-10-27-26(9-1)28-16-15-23(20-32(28)29-17-18-36-21-33(27)29)22-7-5-8-24(19-22)25-12-6-13-31-30-11-3-4-14-34(30)37-35(25)31/h1-2,4-10,12-21H,3,11H2. The monoisotopic (exact) mass is 473 g/mol. The molecule has 2 aromatic heterocycles. The largest absolute Gasteiger partial charge is 0.456 e. The van der Waals surface area contributed by atoms with Crippen LogP contribution in [0.1, 0.15) is 17.7 Å². The Kier molecular flexibility index (Phi) is 4.38. The summed E-state index contributed by atoms with van der Waals surface area (Å²) in [5, 5.41) is 8.71. The van der Waals surface area contributed by atoms with Gasteiger partial charge in [-0.05, 0) is 80.7 Å². The molecule has 0 spiro atoms. The van der Waals surface area contributed by atoms with Crippen molar-refractivity contribution < 1.29 is 4.42 Å². The molecule has 0 fully saturated rings. The lowest BCUT2D eigenvalue weighted by Gasteiger charge is -2.12. The number of pyridine rings is 1. The minimum atomic E-state index is 0.986. The van der Waals surface area contributed by atoms with Crippen molar-refractivity contribution in [3.63, 3.8) is 0 Å². The lowest BCUT2D eigenvalue weighted by molar-refractivity contribution is 0.596. The molecule has 0 radical (unpaired) electrons. The molecule has 0 amide bonds. The van der Waals surface area contributed by atoms with E-state index in [1.807, 2.05) is 12.4 Å². The molecule has 2 heterocycles. The van der Waals surface area contributed by atoms with Crippen LogP contribution in [-0.4, -0.2) is 4.98 Å². The van der Waals surface area contributed by atoms with Gasteiger partial charge in [-0.25, -0.2) is 0 Å². The maximum absolute atomic E-state index is 6.38. The van der Waals surface area contributed by atoms with Gasteiger partial charge in [-0.2, -0.15) is 0 Å². The lowest BCUT2D eigenvalue weighted by Crippen LogP contribution is -1.89. The van der Waals surface area contributed by atoms with Crippen molar-refractivity contribution in [2.24, 2.45) is 0 Å². The predicted molar refractivity (Wildman–Crippen MR) is 155 cm³/mol. The Morgan fingerprint density at radius 2 is 1.35 bits per heavy atom. The van der Waals surface area contributed by atoms with Crippen LogP contribution in [0.25, 0.3) is 71.6 Å². The van der Waals surface area contributed by atoms with Gasteiger partial charge in [0, 0.05) is 34.3 Å². The summed E-state index contributed by atoms with van der Waals surface area (Å²) in [7, 11) is 0. The molecule has 0 saturated heterocycles. The third-order valence-electron chi connectivity index (χ3n) is 7.82. The molecule has 1 aliphatic rings. The summed E-state index contributed by atoms with van der Waals surface area (Å²) in [5.41, 5.74) is 7.04. The fraction of sp³-hybridized carbons (Fsp3) is 0.0571. The van der Waals surface area contributed by atoms with Crippen LogP contribution in [0.4, 0.5) is 0 Å². The molecule has 7 aromatic rings. The Bertz CT molecular complexity index is 2010. The smallest absolute Gasteiger partial charge is 0.142 e. The first-order valence-electron chi connectivity index (χ1n) is 12.8. The molecule has 0 N–H and O–H groups in total. The van der Waals surface area contributed by atoms with E-state index >= 15 is 0 Å². The summed E-state index contributed by atoms with van der Waals surface area (Å²) in [6.07, 6.45) is 10.3. The Labute approximate surface area is 214 Å². The number of hydrogen-bond acceptors (Lipinski definition) is 2. The maximum atomic E-state index is 6.38. The first kappa shape index (κ1) is 20.5. The fourth-order valence-corrected chi connectivity index (χ4v) is 6.07. The summed E-state index contributed by atoms with van der Waals surface area (Å²) in [5.74, 6) is 1.01. The Morgan fingerprint density at radius 3 is 2.30 bits per heavy atom. The summed E-state index contributed by atoms with van der Waals surface area (Å²) in [4.78, 5) is 4.43. The van der Waals surface area contributed by atoms with Gasteiger partial charge in [-0.15, -0.1) is 0 Å². The number of aromatic nitrogens is 1. The number of benzene rings is 5. The molecule has 174 valence electrons. The van der Waals surface area contributed by atoms with Gasteiger partial charge in [0.25, 0.3) is 0 Å². The van der Waals surface area contributed by atoms with E-state index in [9.17, 15) is 0 Å². The molecular weight excluding hydrogens is 450 g/mol. The van der Waals surface area contributed by atoms with E-state index in [1.165, 1.54) is 60.0 Å². The van der Waals surface area contributed by atoms with E-state index in [-0.39, 0.29) is 0 Å². The van der Waals surface area contributed by atoms with Crippen molar-refractivity contribution in [1.82, 2.24) is 4.98 Å². The van der Waals surface area contributed by atoms with Gasteiger partial charge < -0.3 is 4.42 Å². The van der Waals surface area contributed by atoms with E-state index in [2.05, 4.69) is 108 Å². The molecule has 0 unspecified atom stereocenters. The van der Waals surface area contributed by atoms with Crippen molar-refractivity contribution >= 4 is 49.4 Å². The van der Waals surface area contributed by atoms with Crippen LogP contribution in [-0.2, 0) is 6.42 Å². The third kappa shape index (κ3) is 3.09. The zero-order valence-corrected chi connectivity index (χ0v) is 20.2. The number of aryl methyl sites for hydroxylation is 1. The summed E-state index contributed by atoms with van der Waals surface area (Å²) >= 11 is 0. The van der Waals surface area contributed by atoms with Gasteiger partial charge in [0.1, 0.15) is 11.3 Å². The molecule has 0 atom stereocenters.